The number of hydrogen-bond acceptors (Lipinski definition) is 9. The molecule has 1 aliphatic heterocycles. The van der Waals surface area contributed by atoms with E-state index in [0.29, 0.717) is 29.1 Å². The van der Waals surface area contributed by atoms with Crippen molar-refractivity contribution in [2.24, 2.45) is 0 Å². The number of nitrogens with zero attached hydrogens (tertiary/aromatic N) is 5. The Hall–Kier alpha value is -2.56. The zero-order valence-electron chi connectivity index (χ0n) is 19.2. The molecule has 0 aliphatic carbocycles. The highest BCUT2D eigenvalue weighted by Gasteiger charge is 2.36. The zero-order valence-corrected chi connectivity index (χ0v) is 20.7. The molecule has 3 heterocycles. The lowest BCUT2D eigenvalue weighted by Crippen LogP contribution is -2.36. The minimum Gasteiger partial charge on any atom is -0.494 e. The standard InChI is InChI=1S/C22H27ClN6O3S/c1-12(20-24-9-15(23)10-25-20)14(3)33-28-22-27-26-21(16-11-32-13(16)2)29(22)19-17(30-4)7-6-8-18(19)31-5/h6-10,12-14,16H,11H2,1-5H3,(H,27,28). The fraction of sp³-hybridized carbons (Fsp3) is 0.455. The molecule has 0 amide bonds. The fourth-order valence-corrected chi connectivity index (χ4v) is 4.41. The monoisotopic (exact) mass is 490 g/mol. The third-order valence-corrected chi connectivity index (χ3v) is 7.11. The quantitative estimate of drug-likeness (QED) is 0.435. The second-order valence-electron chi connectivity index (χ2n) is 7.85. The van der Waals surface area contributed by atoms with Crippen molar-refractivity contribution < 1.29 is 14.2 Å². The number of halogens is 1. The molecular formula is C22H27ClN6O3S. The summed E-state index contributed by atoms with van der Waals surface area (Å²) < 4.78 is 22.3. The smallest absolute Gasteiger partial charge is 0.239 e. The van der Waals surface area contributed by atoms with Crippen LogP contribution in [0.3, 0.4) is 0 Å². The molecule has 1 fully saturated rings. The summed E-state index contributed by atoms with van der Waals surface area (Å²) in [7, 11) is 3.27. The molecule has 1 aliphatic rings. The van der Waals surface area contributed by atoms with E-state index in [1.54, 1.807) is 26.6 Å². The topological polar surface area (TPSA) is 96.2 Å². The molecule has 176 valence electrons. The molecule has 1 aromatic carbocycles. The van der Waals surface area contributed by atoms with Crippen molar-refractivity contribution >= 4 is 29.5 Å². The van der Waals surface area contributed by atoms with E-state index in [-0.39, 0.29) is 23.2 Å². The van der Waals surface area contributed by atoms with E-state index in [2.05, 4.69) is 38.7 Å². The van der Waals surface area contributed by atoms with E-state index in [1.165, 1.54) is 11.9 Å². The Kier molecular flexibility index (Phi) is 7.26. The van der Waals surface area contributed by atoms with Gasteiger partial charge in [-0.1, -0.05) is 31.5 Å². The molecule has 9 nitrogen and oxygen atoms in total. The second kappa shape index (κ2) is 10.1. The molecular weight excluding hydrogens is 464 g/mol. The van der Waals surface area contributed by atoms with Crippen LogP contribution in [0.2, 0.25) is 5.02 Å². The highest BCUT2D eigenvalue weighted by molar-refractivity contribution is 8.01. The Morgan fingerprint density at radius 2 is 1.82 bits per heavy atom. The predicted molar refractivity (Wildman–Crippen MR) is 129 cm³/mol. The lowest BCUT2D eigenvalue weighted by molar-refractivity contribution is -0.0680. The number of rotatable bonds is 9. The largest absolute Gasteiger partial charge is 0.494 e. The van der Waals surface area contributed by atoms with Gasteiger partial charge in [0, 0.05) is 23.6 Å². The highest BCUT2D eigenvalue weighted by Crippen LogP contribution is 2.40. The summed E-state index contributed by atoms with van der Waals surface area (Å²) in [6.07, 6.45) is 3.28. The molecule has 3 aromatic rings. The number of aromatic nitrogens is 5. The molecule has 4 unspecified atom stereocenters. The van der Waals surface area contributed by atoms with Gasteiger partial charge in [-0.3, -0.25) is 9.29 Å². The van der Waals surface area contributed by atoms with Crippen molar-refractivity contribution in [2.45, 2.75) is 44.0 Å². The second-order valence-corrected chi connectivity index (χ2v) is 9.47. The lowest BCUT2D eigenvalue weighted by Gasteiger charge is -2.33. The predicted octanol–water partition coefficient (Wildman–Crippen LogP) is 4.48. The molecule has 0 spiro atoms. The zero-order chi connectivity index (χ0) is 23.5. The van der Waals surface area contributed by atoms with Crippen LogP contribution in [0.5, 0.6) is 11.5 Å². The first-order valence-electron chi connectivity index (χ1n) is 10.6. The van der Waals surface area contributed by atoms with Crippen LogP contribution in [-0.4, -0.2) is 56.9 Å². The molecule has 0 saturated carbocycles. The average Bonchev–Trinajstić information content (AvgIpc) is 3.23. The third-order valence-electron chi connectivity index (χ3n) is 5.84. The van der Waals surface area contributed by atoms with Crippen LogP contribution in [0, 0.1) is 0 Å². The summed E-state index contributed by atoms with van der Waals surface area (Å²) in [5.41, 5.74) is 0.742. The maximum absolute atomic E-state index is 5.93. The number of anilines is 1. The van der Waals surface area contributed by atoms with Crippen LogP contribution >= 0.6 is 23.5 Å². The Labute approximate surface area is 202 Å². The molecule has 1 saturated heterocycles. The van der Waals surface area contributed by atoms with Crippen LogP contribution in [0.1, 0.15) is 44.3 Å². The first kappa shape index (κ1) is 23.6. The van der Waals surface area contributed by atoms with Gasteiger partial charge in [0.25, 0.3) is 0 Å². The average molecular weight is 491 g/mol. The van der Waals surface area contributed by atoms with E-state index in [4.69, 9.17) is 25.8 Å². The summed E-state index contributed by atoms with van der Waals surface area (Å²) in [5.74, 6) is 3.62. The van der Waals surface area contributed by atoms with Crippen molar-refractivity contribution in [3.8, 4) is 17.2 Å². The van der Waals surface area contributed by atoms with Crippen molar-refractivity contribution in [1.82, 2.24) is 24.7 Å². The summed E-state index contributed by atoms with van der Waals surface area (Å²) in [5, 5.41) is 9.62. The van der Waals surface area contributed by atoms with Crippen molar-refractivity contribution in [3.05, 3.63) is 47.3 Å². The first-order chi connectivity index (χ1) is 15.9. The number of methoxy groups -OCH3 is 2. The minimum absolute atomic E-state index is 0.0511. The van der Waals surface area contributed by atoms with Crippen LogP contribution in [0.15, 0.2) is 30.6 Å². The van der Waals surface area contributed by atoms with Gasteiger partial charge in [-0.15, -0.1) is 10.2 Å². The third kappa shape index (κ3) is 4.73. The molecule has 1 N–H and O–H groups in total. The fourth-order valence-electron chi connectivity index (χ4n) is 3.56. The molecule has 0 radical (unpaired) electrons. The molecule has 4 atom stereocenters. The van der Waals surface area contributed by atoms with Crippen LogP contribution in [0.4, 0.5) is 5.95 Å². The maximum Gasteiger partial charge on any atom is 0.239 e. The Morgan fingerprint density at radius 3 is 2.36 bits per heavy atom. The number of benzene rings is 1. The number of nitrogens with one attached hydrogen (secondary N) is 1. The van der Waals surface area contributed by atoms with E-state index < -0.39 is 0 Å². The van der Waals surface area contributed by atoms with Gasteiger partial charge in [-0.2, -0.15) is 0 Å². The van der Waals surface area contributed by atoms with Gasteiger partial charge in [-0.05, 0) is 31.0 Å². The summed E-state index contributed by atoms with van der Waals surface area (Å²) in [4.78, 5) is 8.71. The summed E-state index contributed by atoms with van der Waals surface area (Å²) in [6.45, 7) is 6.80. The lowest BCUT2D eigenvalue weighted by atomic mass is 9.98. The molecule has 33 heavy (non-hydrogen) atoms. The molecule has 4 rings (SSSR count). The Balaban J connectivity index is 1.65. The maximum atomic E-state index is 5.93. The van der Waals surface area contributed by atoms with E-state index in [9.17, 15) is 0 Å². The van der Waals surface area contributed by atoms with Gasteiger partial charge < -0.3 is 14.2 Å². The first-order valence-corrected chi connectivity index (χ1v) is 11.9. The molecule has 2 aromatic heterocycles. The van der Waals surface area contributed by atoms with Gasteiger partial charge in [0.15, 0.2) is 0 Å². The summed E-state index contributed by atoms with van der Waals surface area (Å²) >= 11 is 7.45. The van der Waals surface area contributed by atoms with Crippen LogP contribution < -0.4 is 14.2 Å². The van der Waals surface area contributed by atoms with Crippen molar-refractivity contribution in [1.29, 1.82) is 0 Å². The van der Waals surface area contributed by atoms with E-state index in [0.717, 1.165) is 17.3 Å². The van der Waals surface area contributed by atoms with Gasteiger partial charge in [0.05, 0.1) is 37.9 Å². The van der Waals surface area contributed by atoms with Crippen molar-refractivity contribution in [3.63, 3.8) is 0 Å². The van der Waals surface area contributed by atoms with Gasteiger partial charge in [0.2, 0.25) is 5.95 Å². The minimum atomic E-state index is 0.0511. The van der Waals surface area contributed by atoms with E-state index >= 15 is 0 Å². The van der Waals surface area contributed by atoms with Crippen LogP contribution in [-0.2, 0) is 4.74 Å². The van der Waals surface area contributed by atoms with Crippen LogP contribution in [0.25, 0.3) is 5.69 Å². The van der Waals surface area contributed by atoms with Gasteiger partial charge in [0.1, 0.15) is 28.8 Å². The van der Waals surface area contributed by atoms with E-state index in [1.807, 2.05) is 29.7 Å². The van der Waals surface area contributed by atoms with Crippen molar-refractivity contribution in [2.75, 3.05) is 25.5 Å². The number of ether oxygens (including phenoxy) is 3. The van der Waals surface area contributed by atoms with Gasteiger partial charge >= 0.3 is 0 Å². The highest BCUT2D eigenvalue weighted by atomic mass is 35.5. The Bertz CT molecular complexity index is 1070. The molecule has 0 bridgehead atoms. The SMILES string of the molecule is COc1cccc(OC)c1-n1c(NSC(C)C(C)c2ncc(Cl)cn2)nnc1C1COC1C. The normalized spacial score (nSPS) is 19.5. The molecule has 11 heteroatoms. The van der Waals surface area contributed by atoms with Gasteiger partial charge in [-0.25, -0.2) is 9.97 Å². The summed E-state index contributed by atoms with van der Waals surface area (Å²) in [6, 6.07) is 5.67. The number of hydrogen-bond donors (Lipinski definition) is 1. The number of para-hydroxylation sites is 1. The Morgan fingerprint density at radius 1 is 1.15 bits per heavy atom.